The number of ether oxygens (including phenoxy) is 1. The van der Waals surface area contributed by atoms with Crippen LogP contribution in [0.4, 0.5) is 4.39 Å². The van der Waals surface area contributed by atoms with Gasteiger partial charge in [0, 0.05) is 5.56 Å². The summed E-state index contributed by atoms with van der Waals surface area (Å²) in [5.41, 5.74) is -0.00506. The second kappa shape index (κ2) is 8.03. The van der Waals surface area contributed by atoms with Gasteiger partial charge in [0.1, 0.15) is 17.1 Å². The number of carbonyl (C=O) groups is 1. The van der Waals surface area contributed by atoms with Crippen molar-refractivity contribution in [3.05, 3.63) is 65.8 Å². The van der Waals surface area contributed by atoms with Crippen LogP contribution in [0.3, 0.4) is 0 Å². The maximum atomic E-state index is 14.1. The van der Waals surface area contributed by atoms with Gasteiger partial charge >= 0.3 is 0 Å². The van der Waals surface area contributed by atoms with E-state index in [2.05, 4.69) is 15.5 Å². The van der Waals surface area contributed by atoms with Gasteiger partial charge in [-0.1, -0.05) is 36.6 Å². The summed E-state index contributed by atoms with van der Waals surface area (Å²) in [5, 5.41) is 7.10. The zero-order chi connectivity index (χ0) is 20.3. The third kappa shape index (κ3) is 3.85. The van der Waals surface area contributed by atoms with Gasteiger partial charge in [-0.2, -0.15) is 4.98 Å². The first-order valence-electron chi connectivity index (χ1n) is 9.67. The molecule has 1 saturated carbocycles. The molecule has 1 aliphatic rings. The number of nitrogens with one attached hydrogen (secondary N) is 1. The van der Waals surface area contributed by atoms with E-state index in [1.807, 2.05) is 24.3 Å². The Morgan fingerprint density at radius 2 is 1.83 bits per heavy atom. The molecule has 0 atom stereocenters. The van der Waals surface area contributed by atoms with Crippen LogP contribution in [0.5, 0.6) is 5.75 Å². The Morgan fingerprint density at radius 1 is 1.10 bits per heavy atom. The summed E-state index contributed by atoms with van der Waals surface area (Å²) in [6.45, 7) is 0. The third-order valence-corrected chi connectivity index (χ3v) is 5.36. The molecule has 0 radical (unpaired) electrons. The van der Waals surface area contributed by atoms with Crippen molar-refractivity contribution in [1.29, 1.82) is 0 Å². The zero-order valence-electron chi connectivity index (χ0n) is 16.2. The van der Waals surface area contributed by atoms with Crippen molar-refractivity contribution in [2.75, 3.05) is 7.11 Å². The number of hydrogen-bond donors (Lipinski definition) is 1. The molecule has 6 nitrogen and oxygen atoms in total. The fraction of sp³-hybridized carbons (Fsp3) is 0.318. The predicted molar refractivity (Wildman–Crippen MR) is 105 cm³/mol. The number of carbonyl (C=O) groups excluding carboxylic acids is 1. The van der Waals surface area contributed by atoms with E-state index in [0.717, 1.165) is 30.6 Å². The second-order valence-corrected chi connectivity index (χ2v) is 7.23. The van der Waals surface area contributed by atoms with Gasteiger partial charge in [-0.05, 0) is 49.2 Å². The molecule has 0 unspecified atom stereocenters. The van der Waals surface area contributed by atoms with E-state index in [9.17, 15) is 9.18 Å². The molecule has 1 fully saturated rings. The van der Waals surface area contributed by atoms with Crippen LogP contribution in [0.2, 0.25) is 0 Å². The molecule has 4 rings (SSSR count). The summed E-state index contributed by atoms with van der Waals surface area (Å²) in [5.74, 6) is 0.494. The number of nitrogens with zero attached hydrogens (tertiary/aromatic N) is 2. The number of aromatic nitrogens is 2. The largest absolute Gasteiger partial charge is 0.497 e. The van der Waals surface area contributed by atoms with Crippen LogP contribution >= 0.6 is 0 Å². The lowest BCUT2D eigenvalue weighted by Crippen LogP contribution is -2.47. The summed E-state index contributed by atoms with van der Waals surface area (Å²) in [7, 11) is 1.60. The molecule has 0 spiro atoms. The van der Waals surface area contributed by atoms with Crippen LogP contribution in [0, 0.1) is 5.82 Å². The molecule has 2 aromatic carbocycles. The first-order valence-corrected chi connectivity index (χ1v) is 9.67. The molecule has 1 aromatic heterocycles. The van der Waals surface area contributed by atoms with Crippen LogP contribution in [0.25, 0.3) is 11.4 Å². The van der Waals surface area contributed by atoms with E-state index < -0.39 is 17.3 Å². The maximum Gasteiger partial charge on any atom is 0.255 e. The first kappa shape index (κ1) is 19.1. The minimum absolute atomic E-state index is 0.00680. The summed E-state index contributed by atoms with van der Waals surface area (Å²) < 4.78 is 24.8. The van der Waals surface area contributed by atoms with Crippen molar-refractivity contribution < 1.29 is 18.4 Å². The van der Waals surface area contributed by atoms with Gasteiger partial charge in [-0.25, -0.2) is 4.39 Å². The highest BCUT2D eigenvalue weighted by Gasteiger charge is 2.41. The molecule has 1 amide bonds. The van der Waals surface area contributed by atoms with E-state index in [0.29, 0.717) is 24.6 Å². The normalized spacial score (nSPS) is 15.7. The minimum atomic E-state index is -0.796. The predicted octanol–water partition coefficient (Wildman–Crippen LogP) is 4.47. The molecular weight excluding hydrogens is 373 g/mol. The van der Waals surface area contributed by atoms with Crippen LogP contribution in [0.15, 0.2) is 53.1 Å². The zero-order valence-corrected chi connectivity index (χ0v) is 16.2. The Labute approximate surface area is 168 Å². The highest BCUT2D eigenvalue weighted by Crippen LogP contribution is 2.37. The molecule has 29 heavy (non-hydrogen) atoms. The van der Waals surface area contributed by atoms with Crippen LogP contribution in [-0.4, -0.2) is 23.2 Å². The van der Waals surface area contributed by atoms with E-state index in [1.54, 1.807) is 19.2 Å². The summed E-state index contributed by atoms with van der Waals surface area (Å²) in [6, 6.07) is 13.3. The van der Waals surface area contributed by atoms with Gasteiger partial charge in [-0.3, -0.25) is 4.79 Å². The van der Waals surface area contributed by atoms with Crippen LogP contribution in [-0.2, 0) is 5.54 Å². The number of amides is 1. The molecule has 0 bridgehead atoms. The fourth-order valence-electron chi connectivity index (χ4n) is 3.75. The van der Waals surface area contributed by atoms with Gasteiger partial charge in [0.15, 0.2) is 0 Å². The monoisotopic (exact) mass is 395 g/mol. The quantitative estimate of drug-likeness (QED) is 0.690. The number of rotatable bonds is 5. The van der Waals surface area contributed by atoms with Crippen molar-refractivity contribution >= 4 is 5.91 Å². The molecular formula is C22H22FN3O3. The summed E-state index contributed by atoms with van der Waals surface area (Å²) in [6.07, 6.45) is 4.22. The van der Waals surface area contributed by atoms with E-state index in [1.165, 1.54) is 12.1 Å². The highest BCUT2D eigenvalue weighted by molar-refractivity contribution is 5.95. The molecule has 1 N–H and O–H groups in total. The van der Waals surface area contributed by atoms with Crippen molar-refractivity contribution in [2.24, 2.45) is 0 Å². The van der Waals surface area contributed by atoms with Gasteiger partial charge in [0.05, 0.1) is 12.7 Å². The Bertz CT molecular complexity index is 995. The lowest BCUT2D eigenvalue weighted by molar-refractivity contribution is 0.0820. The Balaban J connectivity index is 1.64. The number of halogens is 1. The lowest BCUT2D eigenvalue weighted by Gasteiger charge is -2.34. The summed E-state index contributed by atoms with van der Waals surface area (Å²) >= 11 is 0. The van der Waals surface area contributed by atoms with E-state index in [4.69, 9.17) is 9.26 Å². The van der Waals surface area contributed by atoms with Gasteiger partial charge in [0.2, 0.25) is 5.82 Å². The van der Waals surface area contributed by atoms with Gasteiger partial charge in [0.25, 0.3) is 11.8 Å². The third-order valence-electron chi connectivity index (χ3n) is 5.36. The first-order chi connectivity index (χ1) is 14.1. The average Bonchev–Trinajstić information content (AvgIpc) is 3.26. The maximum absolute atomic E-state index is 14.1. The summed E-state index contributed by atoms with van der Waals surface area (Å²) in [4.78, 5) is 17.4. The smallest absolute Gasteiger partial charge is 0.255 e. The van der Waals surface area contributed by atoms with Crippen LogP contribution in [0.1, 0.15) is 48.4 Å². The number of hydrogen-bond acceptors (Lipinski definition) is 5. The second-order valence-electron chi connectivity index (χ2n) is 7.23. The molecule has 7 heteroatoms. The minimum Gasteiger partial charge on any atom is -0.497 e. The van der Waals surface area contributed by atoms with E-state index in [-0.39, 0.29) is 5.56 Å². The molecule has 0 aliphatic heterocycles. The van der Waals surface area contributed by atoms with Crippen molar-refractivity contribution in [2.45, 2.75) is 37.6 Å². The number of methoxy groups -OCH3 is 1. The van der Waals surface area contributed by atoms with Crippen molar-refractivity contribution in [1.82, 2.24) is 15.5 Å². The highest BCUT2D eigenvalue weighted by atomic mass is 19.1. The molecule has 3 aromatic rings. The topological polar surface area (TPSA) is 77.3 Å². The lowest BCUT2D eigenvalue weighted by atomic mass is 9.81. The van der Waals surface area contributed by atoms with E-state index >= 15 is 0 Å². The van der Waals surface area contributed by atoms with Crippen molar-refractivity contribution in [3.8, 4) is 17.1 Å². The molecule has 150 valence electrons. The standard InChI is InChI=1S/C22H22FN3O3/c1-28-16-11-9-15(10-12-16)19-24-21(29-26-19)22(13-5-2-6-14-22)25-20(27)17-7-3-4-8-18(17)23/h3-4,7-12H,2,5-6,13-14H2,1H3,(H,25,27). The van der Waals surface area contributed by atoms with Crippen LogP contribution < -0.4 is 10.1 Å². The Hall–Kier alpha value is -3.22. The fourth-order valence-corrected chi connectivity index (χ4v) is 3.75. The van der Waals surface area contributed by atoms with Gasteiger partial charge in [-0.15, -0.1) is 0 Å². The molecule has 1 heterocycles. The SMILES string of the molecule is COc1ccc(-c2noc(C3(NC(=O)c4ccccc4F)CCCCC3)n2)cc1. The Morgan fingerprint density at radius 3 is 2.52 bits per heavy atom. The molecule has 1 aliphatic carbocycles. The van der Waals surface area contributed by atoms with Gasteiger partial charge < -0.3 is 14.6 Å². The van der Waals surface area contributed by atoms with Crippen molar-refractivity contribution in [3.63, 3.8) is 0 Å². The Kier molecular flexibility index (Phi) is 5.29. The number of benzene rings is 2. The molecule has 0 saturated heterocycles. The average molecular weight is 395 g/mol.